The predicted molar refractivity (Wildman–Crippen MR) is 147 cm³/mol. The van der Waals surface area contributed by atoms with Gasteiger partial charge in [0.1, 0.15) is 0 Å². The van der Waals surface area contributed by atoms with Crippen LogP contribution in [-0.2, 0) is 46.0 Å². The largest absolute Gasteiger partial charge is 0.243 e. The Bertz CT molecular complexity index is 1570. The van der Waals surface area contributed by atoms with E-state index in [0.29, 0.717) is 39.0 Å². The molecular weight excluding hydrogens is 516 g/mol. The van der Waals surface area contributed by atoms with Crippen molar-refractivity contribution in [1.82, 2.24) is 8.61 Å². The van der Waals surface area contributed by atoms with E-state index in [9.17, 15) is 16.8 Å². The quantitative estimate of drug-likeness (QED) is 0.360. The maximum absolute atomic E-state index is 13.3. The first kappa shape index (κ1) is 25.0. The van der Waals surface area contributed by atoms with Crippen LogP contribution in [0, 0.1) is 0 Å². The van der Waals surface area contributed by atoms with Gasteiger partial charge in [-0.3, -0.25) is 0 Å². The maximum atomic E-state index is 13.3. The van der Waals surface area contributed by atoms with Crippen LogP contribution in [0.4, 0.5) is 0 Å². The second kappa shape index (κ2) is 9.78. The summed E-state index contributed by atoms with van der Waals surface area (Å²) in [6, 6.07) is 29.5. The van der Waals surface area contributed by atoms with Gasteiger partial charge in [0.25, 0.3) is 0 Å². The van der Waals surface area contributed by atoms with Gasteiger partial charge in [0.15, 0.2) is 0 Å². The van der Waals surface area contributed by atoms with Gasteiger partial charge in [-0.1, -0.05) is 72.8 Å². The van der Waals surface area contributed by atoms with Crippen molar-refractivity contribution in [2.24, 2.45) is 0 Å². The average Bonchev–Trinajstić information content (AvgIpc) is 2.96. The Hall–Kier alpha value is -3.30. The van der Waals surface area contributed by atoms with Crippen molar-refractivity contribution in [3.05, 3.63) is 119 Å². The Labute approximate surface area is 224 Å². The molecule has 0 aliphatic carbocycles. The molecule has 0 fully saturated rings. The van der Waals surface area contributed by atoms with Crippen molar-refractivity contribution in [3.8, 4) is 11.1 Å². The van der Waals surface area contributed by atoms with Gasteiger partial charge in [0.05, 0.1) is 9.79 Å². The fraction of sp³-hybridized carbons (Fsp3) is 0.200. The van der Waals surface area contributed by atoms with Gasteiger partial charge in [-0.15, -0.1) is 0 Å². The summed E-state index contributed by atoms with van der Waals surface area (Å²) >= 11 is 0. The Balaban J connectivity index is 1.18. The zero-order valence-electron chi connectivity index (χ0n) is 20.8. The topological polar surface area (TPSA) is 74.8 Å². The zero-order valence-corrected chi connectivity index (χ0v) is 22.5. The summed E-state index contributed by atoms with van der Waals surface area (Å²) in [4.78, 5) is 0.510. The van der Waals surface area contributed by atoms with E-state index in [2.05, 4.69) is 12.1 Å². The number of nitrogens with zero attached hydrogens (tertiary/aromatic N) is 2. The number of sulfonamides is 2. The van der Waals surface area contributed by atoms with Crippen molar-refractivity contribution >= 4 is 20.0 Å². The summed E-state index contributed by atoms with van der Waals surface area (Å²) in [5, 5.41) is 0. The van der Waals surface area contributed by atoms with Crippen LogP contribution in [0.15, 0.2) is 107 Å². The molecular formula is C30H28N2O4S2. The molecule has 2 aliphatic heterocycles. The number of fused-ring (bicyclic) bond motifs is 2. The SMILES string of the molecule is O=S(=O)(c1ccc(-c2ccc(S(=O)(=O)N3CCc4ccccc4C3)cc2)cc1)N1CCc2ccccc2C1. The van der Waals surface area contributed by atoms with E-state index in [1.165, 1.54) is 19.7 Å². The second-order valence-corrected chi connectivity index (χ2v) is 13.6. The van der Waals surface area contributed by atoms with E-state index in [-0.39, 0.29) is 9.79 Å². The molecule has 0 amide bonds. The van der Waals surface area contributed by atoms with Gasteiger partial charge < -0.3 is 0 Å². The second-order valence-electron chi connectivity index (χ2n) is 9.76. The highest BCUT2D eigenvalue weighted by Gasteiger charge is 2.29. The molecule has 38 heavy (non-hydrogen) atoms. The molecule has 6 rings (SSSR count). The lowest BCUT2D eigenvalue weighted by atomic mass is 10.0. The van der Waals surface area contributed by atoms with Crippen molar-refractivity contribution in [2.75, 3.05) is 13.1 Å². The third-order valence-corrected chi connectivity index (χ3v) is 11.2. The Morgan fingerprint density at radius 1 is 0.447 bits per heavy atom. The molecule has 0 aromatic heterocycles. The van der Waals surface area contributed by atoms with E-state index in [0.717, 1.165) is 22.3 Å². The van der Waals surface area contributed by atoms with Crippen LogP contribution in [0.25, 0.3) is 11.1 Å². The van der Waals surface area contributed by atoms with Crippen LogP contribution < -0.4 is 0 Å². The number of hydrogen-bond donors (Lipinski definition) is 0. The average molecular weight is 545 g/mol. The number of benzene rings is 4. The highest BCUT2D eigenvalue weighted by molar-refractivity contribution is 7.89. The van der Waals surface area contributed by atoms with E-state index in [1.807, 2.05) is 36.4 Å². The lowest BCUT2D eigenvalue weighted by Gasteiger charge is -2.28. The first-order chi connectivity index (χ1) is 18.3. The standard InChI is InChI=1S/C30H28N2O4S2/c33-37(34,31-19-17-23-5-1-3-7-27(23)21-31)29-13-9-25(10-14-29)26-11-15-30(16-12-26)38(35,36)32-20-18-24-6-2-4-8-28(24)22-32/h1-16H,17-22H2. The normalized spacial score (nSPS) is 16.5. The van der Waals surface area contributed by atoms with Gasteiger partial charge in [0.2, 0.25) is 20.0 Å². The molecule has 4 aromatic carbocycles. The summed E-state index contributed by atoms with van der Waals surface area (Å²) in [6.07, 6.45) is 1.40. The molecule has 0 radical (unpaired) electrons. The zero-order chi connectivity index (χ0) is 26.3. The Morgan fingerprint density at radius 2 is 0.789 bits per heavy atom. The summed E-state index contributed by atoms with van der Waals surface area (Å²) in [5.74, 6) is 0. The molecule has 0 bridgehead atoms. The van der Waals surface area contributed by atoms with Crippen molar-refractivity contribution in [2.45, 2.75) is 35.7 Å². The highest BCUT2D eigenvalue weighted by atomic mass is 32.2. The molecule has 0 saturated carbocycles. The van der Waals surface area contributed by atoms with Crippen LogP contribution in [0.3, 0.4) is 0 Å². The van der Waals surface area contributed by atoms with Crippen LogP contribution in [0.5, 0.6) is 0 Å². The molecule has 0 N–H and O–H groups in total. The fourth-order valence-corrected chi connectivity index (χ4v) is 8.12. The fourth-order valence-electron chi connectivity index (χ4n) is 5.29. The molecule has 0 saturated heterocycles. The summed E-state index contributed by atoms with van der Waals surface area (Å²) in [6.45, 7) is 1.66. The highest BCUT2D eigenvalue weighted by Crippen LogP contribution is 2.29. The minimum Gasteiger partial charge on any atom is -0.207 e. The molecule has 0 unspecified atom stereocenters. The molecule has 6 nitrogen and oxygen atoms in total. The van der Waals surface area contributed by atoms with Gasteiger partial charge in [-0.05, 0) is 70.5 Å². The third-order valence-electron chi connectivity index (χ3n) is 7.51. The van der Waals surface area contributed by atoms with E-state index < -0.39 is 20.0 Å². The molecule has 8 heteroatoms. The maximum Gasteiger partial charge on any atom is 0.243 e. The summed E-state index contributed by atoms with van der Waals surface area (Å²) in [5.41, 5.74) is 6.13. The molecule has 2 aliphatic rings. The van der Waals surface area contributed by atoms with Crippen molar-refractivity contribution in [3.63, 3.8) is 0 Å². The molecule has 0 spiro atoms. The molecule has 2 heterocycles. The number of hydrogen-bond acceptors (Lipinski definition) is 4. The summed E-state index contributed by atoms with van der Waals surface area (Å²) < 4.78 is 56.2. The van der Waals surface area contributed by atoms with Gasteiger partial charge >= 0.3 is 0 Å². The molecule has 0 atom stereocenters. The number of rotatable bonds is 5. The first-order valence-electron chi connectivity index (χ1n) is 12.7. The van der Waals surface area contributed by atoms with Crippen LogP contribution in [-0.4, -0.2) is 38.5 Å². The minimum absolute atomic E-state index is 0.255. The molecule has 194 valence electrons. The van der Waals surface area contributed by atoms with Crippen LogP contribution in [0.1, 0.15) is 22.3 Å². The van der Waals surface area contributed by atoms with Crippen molar-refractivity contribution in [1.29, 1.82) is 0 Å². The Kier molecular flexibility index (Phi) is 6.44. The lowest BCUT2D eigenvalue weighted by Crippen LogP contribution is -2.35. The van der Waals surface area contributed by atoms with Gasteiger partial charge in [-0.2, -0.15) is 8.61 Å². The van der Waals surface area contributed by atoms with Crippen molar-refractivity contribution < 1.29 is 16.8 Å². The van der Waals surface area contributed by atoms with E-state index in [1.54, 1.807) is 48.5 Å². The Morgan fingerprint density at radius 3 is 1.16 bits per heavy atom. The first-order valence-corrected chi connectivity index (χ1v) is 15.5. The smallest absolute Gasteiger partial charge is 0.207 e. The van der Waals surface area contributed by atoms with Gasteiger partial charge in [0, 0.05) is 26.2 Å². The predicted octanol–water partition coefficient (Wildman–Crippen LogP) is 4.85. The minimum atomic E-state index is -3.61. The van der Waals surface area contributed by atoms with Crippen LogP contribution in [0.2, 0.25) is 0 Å². The van der Waals surface area contributed by atoms with Gasteiger partial charge in [-0.25, -0.2) is 16.8 Å². The molecule has 4 aromatic rings. The lowest BCUT2D eigenvalue weighted by molar-refractivity contribution is 0.391. The van der Waals surface area contributed by atoms with E-state index >= 15 is 0 Å². The summed E-state index contributed by atoms with van der Waals surface area (Å²) in [7, 11) is -7.23. The van der Waals surface area contributed by atoms with Crippen LogP contribution >= 0.6 is 0 Å². The monoisotopic (exact) mass is 544 g/mol. The van der Waals surface area contributed by atoms with E-state index in [4.69, 9.17) is 0 Å². The third kappa shape index (κ3) is 4.58.